The van der Waals surface area contributed by atoms with Gasteiger partial charge in [0.15, 0.2) is 0 Å². The molecule has 3 aromatic rings. The summed E-state index contributed by atoms with van der Waals surface area (Å²) >= 11 is 6.07. The molecule has 2 aromatic carbocycles. The average molecular weight is 356 g/mol. The second-order valence-electron chi connectivity index (χ2n) is 5.98. The predicted molar refractivity (Wildman–Crippen MR) is 98.5 cm³/mol. The number of hydrogen-bond donors (Lipinski definition) is 3. The predicted octanol–water partition coefficient (Wildman–Crippen LogP) is 3.48. The molecule has 1 aromatic heterocycles. The average Bonchev–Trinajstić information content (AvgIpc) is 2.99. The summed E-state index contributed by atoms with van der Waals surface area (Å²) in [5.74, 6) is -0.782. The van der Waals surface area contributed by atoms with E-state index in [2.05, 4.69) is 10.3 Å². The summed E-state index contributed by atoms with van der Waals surface area (Å²) < 4.78 is 0. The second kappa shape index (κ2) is 6.99. The van der Waals surface area contributed by atoms with Gasteiger partial charge in [-0.15, -0.1) is 0 Å². The van der Waals surface area contributed by atoms with E-state index >= 15 is 0 Å². The Hall–Kier alpha value is -2.79. The fraction of sp³-hybridized carbons (Fsp3) is 0.158. The van der Waals surface area contributed by atoms with E-state index in [0.29, 0.717) is 10.7 Å². The summed E-state index contributed by atoms with van der Waals surface area (Å²) in [6.45, 7) is 1.92. The summed E-state index contributed by atoms with van der Waals surface area (Å²) in [6, 6.07) is 14.2. The van der Waals surface area contributed by atoms with Crippen molar-refractivity contribution in [3.8, 4) is 0 Å². The zero-order chi connectivity index (χ0) is 18.0. The van der Waals surface area contributed by atoms with Crippen molar-refractivity contribution < 1.29 is 9.59 Å². The molecule has 0 radical (unpaired) electrons. The van der Waals surface area contributed by atoms with Gasteiger partial charge < -0.3 is 16.0 Å². The molecule has 0 saturated carbocycles. The van der Waals surface area contributed by atoms with E-state index in [1.807, 2.05) is 43.3 Å². The molecule has 5 nitrogen and oxygen atoms in total. The fourth-order valence-corrected chi connectivity index (χ4v) is 3.16. The molecule has 25 heavy (non-hydrogen) atoms. The lowest BCUT2D eigenvalue weighted by molar-refractivity contribution is -0.118. The largest absolute Gasteiger partial charge is 0.370 e. The van der Waals surface area contributed by atoms with Crippen molar-refractivity contribution in [3.05, 3.63) is 70.4 Å². The van der Waals surface area contributed by atoms with E-state index in [-0.39, 0.29) is 12.3 Å². The van der Waals surface area contributed by atoms with Crippen molar-refractivity contribution in [2.24, 2.45) is 5.73 Å². The van der Waals surface area contributed by atoms with E-state index in [4.69, 9.17) is 17.3 Å². The van der Waals surface area contributed by atoms with Crippen LogP contribution in [0.5, 0.6) is 0 Å². The van der Waals surface area contributed by atoms with Crippen LogP contribution in [0, 0.1) is 6.92 Å². The van der Waals surface area contributed by atoms with Crippen LogP contribution in [0.25, 0.3) is 10.9 Å². The molecule has 0 aliphatic rings. The summed E-state index contributed by atoms with van der Waals surface area (Å²) in [5, 5.41) is 4.35. The Kier molecular flexibility index (Phi) is 4.76. The Morgan fingerprint density at radius 1 is 1.20 bits per heavy atom. The number of nitrogens with one attached hydrogen (secondary N) is 2. The number of hydrogen-bond acceptors (Lipinski definition) is 2. The van der Waals surface area contributed by atoms with Crippen LogP contribution < -0.4 is 11.1 Å². The maximum Gasteiger partial charge on any atom is 0.268 e. The molecule has 0 spiro atoms. The first-order valence-electron chi connectivity index (χ1n) is 7.87. The molecular formula is C19H18ClN3O2. The number of amides is 2. The van der Waals surface area contributed by atoms with E-state index in [0.717, 1.165) is 22.0 Å². The highest BCUT2D eigenvalue weighted by Gasteiger charge is 2.19. The highest BCUT2D eigenvalue weighted by atomic mass is 35.5. The monoisotopic (exact) mass is 355 g/mol. The number of fused-ring (bicyclic) bond motifs is 1. The minimum atomic E-state index is -0.484. The number of aromatic nitrogens is 1. The van der Waals surface area contributed by atoms with Crippen molar-refractivity contribution in [2.75, 3.05) is 0 Å². The number of nitrogens with two attached hydrogens (primary N) is 1. The van der Waals surface area contributed by atoms with Crippen LogP contribution in [0.4, 0.5) is 0 Å². The molecule has 3 rings (SSSR count). The second-order valence-corrected chi connectivity index (χ2v) is 6.41. The van der Waals surface area contributed by atoms with Gasteiger partial charge in [-0.1, -0.05) is 41.9 Å². The number of aromatic amines is 1. The normalized spacial score (nSPS) is 12.1. The molecule has 1 atom stereocenters. The molecule has 0 aliphatic carbocycles. The SMILES string of the molecule is Cc1cc(Cl)cc2cc(C(=O)N[C@H](CC(N)=O)c3ccccc3)[nH]c12. The van der Waals surface area contributed by atoms with E-state index in [1.165, 1.54) is 0 Å². The first kappa shape index (κ1) is 17.0. The third kappa shape index (κ3) is 3.83. The van der Waals surface area contributed by atoms with Crippen LogP contribution >= 0.6 is 11.6 Å². The van der Waals surface area contributed by atoms with Gasteiger partial charge >= 0.3 is 0 Å². The number of primary amides is 1. The third-order valence-electron chi connectivity index (χ3n) is 4.05. The molecule has 0 unspecified atom stereocenters. The maximum atomic E-state index is 12.6. The Labute approximate surface area is 150 Å². The van der Waals surface area contributed by atoms with Crippen LogP contribution in [0.2, 0.25) is 5.02 Å². The zero-order valence-electron chi connectivity index (χ0n) is 13.7. The fourth-order valence-electron chi connectivity index (χ4n) is 2.88. The van der Waals surface area contributed by atoms with Crippen LogP contribution in [0.3, 0.4) is 0 Å². The van der Waals surface area contributed by atoms with Gasteiger partial charge in [0.25, 0.3) is 5.91 Å². The van der Waals surface area contributed by atoms with Crippen molar-refractivity contribution in [3.63, 3.8) is 0 Å². The van der Waals surface area contributed by atoms with Gasteiger partial charge in [0.05, 0.1) is 12.5 Å². The molecule has 0 saturated heterocycles. The number of H-pyrrole nitrogens is 1. The lowest BCUT2D eigenvalue weighted by atomic mass is 10.0. The lowest BCUT2D eigenvalue weighted by Gasteiger charge is -2.17. The number of halogens is 1. The van der Waals surface area contributed by atoms with E-state index in [1.54, 1.807) is 12.1 Å². The van der Waals surface area contributed by atoms with Gasteiger partial charge in [0, 0.05) is 15.9 Å². The van der Waals surface area contributed by atoms with Crippen molar-refractivity contribution in [2.45, 2.75) is 19.4 Å². The summed E-state index contributed by atoms with van der Waals surface area (Å²) in [7, 11) is 0. The van der Waals surface area contributed by atoms with Crippen molar-refractivity contribution >= 4 is 34.3 Å². The van der Waals surface area contributed by atoms with Gasteiger partial charge in [-0.05, 0) is 36.2 Å². The van der Waals surface area contributed by atoms with Gasteiger partial charge in [-0.3, -0.25) is 9.59 Å². The molecule has 4 N–H and O–H groups in total. The van der Waals surface area contributed by atoms with Crippen molar-refractivity contribution in [1.82, 2.24) is 10.3 Å². The molecule has 0 bridgehead atoms. The van der Waals surface area contributed by atoms with Gasteiger partial charge in [0.1, 0.15) is 5.69 Å². The molecule has 0 aliphatic heterocycles. The Bertz CT molecular complexity index is 934. The highest BCUT2D eigenvalue weighted by Crippen LogP contribution is 2.24. The maximum absolute atomic E-state index is 12.6. The minimum Gasteiger partial charge on any atom is -0.370 e. The summed E-state index contributed by atoms with van der Waals surface area (Å²) in [6.07, 6.45) is 0.0286. The first-order chi connectivity index (χ1) is 11.9. The number of benzene rings is 2. The van der Waals surface area contributed by atoms with Gasteiger partial charge in [-0.25, -0.2) is 0 Å². The zero-order valence-corrected chi connectivity index (χ0v) is 14.4. The summed E-state index contributed by atoms with van der Waals surface area (Å²) in [4.78, 5) is 27.1. The topological polar surface area (TPSA) is 88.0 Å². The van der Waals surface area contributed by atoms with Crippen molar-refractivity contribution in [1.29, 1.82) is 0 Å². The number of carbonyl (C=O) groups excluding carboxylic acids is 2. The highest BCUT2D eigenvalue weighted by molar-refractivity contribution is 6.31. The molecule has 6 heteroatoms. The standard InChI is InChI=1S/C19H18ClN3O2/c1-11-7-14(20)8-13-9-16(22-18(11)13)19(25)23-15(10-17(21)24)12-5-3-2-4-6-12/h2-9,15,22H,10H2,1H3,(H2,21,24)(H,23,25)/t15-/m1/s1. The van der Waals surface area contributed by atoms with Crippen LogP contribution in [-0.2, 0) is 4.79 Å². The quantitative estimate of drug-likeness (QED) is 0.654. The Morgan fingerprint density at radius 2 is 1.92 bits per heavy atom. The van der Waals surface area contributed by atoms with Gasteiger partial charge in [0.2, 0.25) is 5.91 Å². The number of carbonyl (C=O) groups is 2. The molecule has 1 heterocycles. The molecule has 2 amide bonds. The number of aryl methyl sites for hydroxylation is 1. The number of rotatable bonds is 5. The van der Waals surface area contributed by atoms with Crippen LogP contribution in [0.1, 0.15) is 34.1 Å². The molecule has 128 valence electrons. The lowest BCUT2D eigenvalue weighted by Crippen LogP contribution is -2.32. The molecule has 0 fully saturated rings. The van der Waals surface area contributed by atoms with Crippen LogP contribution in [0.15, 0.2) is 48.5 Å². The third-order valence-corrected chi connectivity index (χ3v) is 4.27. The first-order valence-corrected chi connectivity index (χ1v) is 8.25. The van der Waals surface area contributed by atoms with E-state index < -0.39 is 11.9 Å². The molecular weight excluding hydrogens is 338 g/mol. The Morgan fingerprint density at radius 3 is 2.60 bits per heavy atom. The Balaban J connectivity index is 1.88. The smallest absolute Gasteiger partial charge is 0.268 e. The van der Waals surface area contributed by atoms with Crippen LogP contribution in [-0.4, -0.2) is 16.8 Å². The van der Waals surface area contributed by atoms with Gasteiger partial charge in [-0.2, -0.15) is 0 Å². The van der Waals surface area contributed by atoms with E-state index in [9.17, 15) is 9.59 Å². The summed E-state index contributed by atoms with van der Waals surface area (Å²) in [5.41, 5.74) is 8.38. The minimum absolute atomic E-state index is 0.0286.